The average Bonchev–Trinajstić information content (AvgIpc) is 2.42. The minimum Gasteiger partial charge on any atom is -0.393 e. The summed E-state index contributed by atoms with van der Waals surface area (Å²) in [4.78, 5) is 14.2. The zero-order valence-electron chi connectivity index (χ0n) is 13.2. The number of likely N-dealkylation sites (N-methyl/N-ethyl adjacent to an activating group) is 1. The molecule has 5 heteroatoms. The van der Waals surface area contributed by atoms with Gasteiger partial charge in [0.2, 0.25) is 0 Å². The number of aliphatic hydroxyl groups is 1. The lowest BCUT2D eigenvalue weighted by Gasteiger charge is -2.34. The van der Waals surface area contributed by atoms with Crippen LogP contribution in [-0.4, -0.2) is 54.4 Å². The van der Waals surface area contributed by atoms with Gasteiger partial charge in [-0.05, 0) is 45.2 Å². The normalized spacial score (nSPS) is 23.1. The second kappa shape index (κ2) is 9.19. The number of piperidine rings is 1. The minimum absolute atomic E-state index is 0.0935. The second-order valence-corrected chi connectivity index (χ2v) is 6.06. The Morgan fingerprint density at radius 3 is 2.75 bits per heavy atom. The van der Waals surface area contributed by atoms with E-state index in [2.05, 4.69) is 22.5 Å². The molecule has 1 rings (SSSR count). The molecule has 3 unspecified atom stereocenters. The van der Waals surface area contributed by atoms with Crippen LogP contribution in [0.25, 0.3) is 0 Å². The number of hydrogen-bond donors (Lipinski definition) is 3. The molecule has 0 saturated carbocycles. The van der Waals surface area contributed by atoms with Gasteiger partial charge in [-0.3, -0.25) is 4.90 Å². The molecule has 1 heterocycles. The average molecular weight is 285 g/mol. The van der Waals surface area contributed by atoms with Crippen LogP contribution >= 0.6 is 0 Å². The van der Waals surface area contributed by atoms with Crippen LogP contribution in [-0.2, 0) is 0 Å². The fourth-order valence-corrected chi connectivity index (χ4v) is 2.91. The number of urea groups is 1. The van der Waals surface area contributed by atoms with E-state index in [0.29, 0.717) is 24.9 Å². The molecule has 1 aliphatic heterocycles. The van der Waals surface area contributed by atoms with Gasteiger partial charge in [-0.2, -0.15) is 0 Å². The largest absolute Gasteiger partial charge is 0.393 e. The van der Waals surface area contributed by atoms with Gasteiger partial charge in [-0.15, -0.1) is 0 Å². The van der Waals surface area contributed by atoms with Gasteiger partial charge in [0.25, 0.3) is 0 Å². The van der Waals surface area contributed by atoms with Crippen molar-refractivity contribution in [2.24, 2.45) is 5.92 Å². The predicted octanol–water partition coefficient (Wildman–Crippen LogP) is 1.57. The van der Waals surface area contributed by atoms with E-state index in [9.17, 15) is 9.90 Å². The number of carbonyl (C=O) groups excluding carboxylic acids is 1. The number of nitrogens with one attached hydrogen (secondary N) is 2. The lowest BCUT2D eigenvalue weighted by atomic mass is 10.0. The number of nitrogens with zero attached hydrogens (tertiary/aromatic N) is 1. The summed E-state index contributed by atoms with van der Waals surface area (Å²) in [7, 11) is 0. The number of aliphatic hydroxyl groups excluding tert-OH is 1. The van der Waals surface area contributed by atoms with E-state index >= 15 is 0 Å². The van der Waals surface area contributed by atoms with Crippen molar-refractivity contribution < 1.29 is 9.90 Å². The minimum atomic E-state index is -0.310. The molecule has 0 aliphatic carbocycles. The van der Waals surface area contributed by atoms with Crippen molar-refractivity contribution in [1.82, 2.24) is 15.5 Å². The Morgan fingerprint density at radius 1 is 1.35 bits per heavy atom. The van der Waals surface area contributed by atoms with E-state index < -0.39 is 0 Å². The predicted molar refractivity (Wildman–Crippen MR) is 81.7 cm³/mol. The first-order valence-corrected chi connectivity index (χ1v) is 7.96. The standard InChI is InChI=1S/C15H31N3O2/c1-4-18-8-6-5-7-14(18)11-17-15(20)16-10-12(2)9-13(3)19/h12-14,19H,4-11H2,1-3H3,(H2,16,17,20). The maximum absolute atomic E-state index is 11.8. The molecule has 0 aromatic carbocycles. The van der Waals surface area contributed by atoms with E-state index in [-0.39, 0.29) is 12.1 Å². The molecule has 118 valence electrons. The van der Waals surface area contributed by atoms with Crippen molar-refractivity contribution in [3.8, 4) is 0 Å². The van der Waals surface area contributed by atoms with E-state index in [1.807, 2.05) is 6.92 Å². The monoisotopic (exact) mass is 285 g/mol. The molecule has 2 amide bonds. The summed E-state index contributed by atoms with van der Waals surface area (Å²) in [5.41, 5.74) is 0. The third-order valence-electron chi connectivity index (χ3n) is 4.01. The van der Waals surface area contributed by atoms with Gasteiger partial charge in [0, 0.05) is 19.1 Å². The molecule has 20 heavy (non-hydrogen) atoms. The number of likely N-dealkylation sites (tertiary alicyclic amines) is 1. The molecule has 0 aromatic heterocycles. The Morgan fingerprint density at radius 2 is 2.10 bits per heavy atom. The lowest BCUT2D eigenvalue weighted by molar-refractivity contribution is 0.152. The van der Waals surface area contributed by atoms with Crippen LogP contribution in [0.1, 0.15) is 46.5 Å². The molecular weight excluding hydrogens is 254 g/mol. The summed E-state index contributed by atoms with van der Waals surface area (Å²) in [6, 6.07) is 0.387. The van der Waals surface area contributed by atoms with E-state index in [1.54, 1.807) is 6.92 Å². The van der Waals surface area contributed by atoms with Crippen LogP contribution in [0.15, 0.2) is 0 Å². The van der Waals surface area contributed by atoms with Crippen molar-refractivity contribution in [2.45, 2.75) is 58.6 Å². The molecule has 0 bridgehead atoms. The summed E-state index contributed by atoms with van der Waals surface area (Å²) in [5.74, 6) is 0.294. The Bertz CT molecular complexity index is 284. The SMILES string of the molecule is CCN1CCCCC1CNC(=O)NCC(C)CC(C)O. The summed E-state index contributed by atoms with van der Waals surface area (Å²) >= 11 is 0. The third kappa shape index (κ3) is 6.57. The zero-order valence-corrected chi connectivity index (χ0v) is 13.2. The molecule has 1 fully saturated rings. The van der Waals surface area contributed by atoms with Crippen LogP contribution in [0.3, 0.4) is 0 Å². The van der Waals surface area contributed by atoms with Crippen LogP contribution in [0.4, 0.5) is 4.79 Å². The van der Waals surface area contributed by atoms with Crippen molar-refractivity contribution in [3.05, 3.63) is 0 Å². The van der Waals surface area contributed by atoms with E-state index in [0.717, 1.165) is 19.6 Å². The molecule has 3 atom stereocenters. The topological polar surface area (TPSA) is 64.6 Å². The van der Waals surface area contributed by atoms with Crippen molar-refractivity contribution in [2.75, 3.05) is 26.2 Å². The van der Waals surface area contributed by atoms with E-state index in [4.69, 9.17) is 0 Å². The first kappa shape index (κ1) is 17.2. The first-order chi connectivity index (χ1) is 9.52. The second-order valence-electron chi connectivity index (χ2n) is 6.06. The lowest BCUT2D eigenvalue weighted by Crippen LogP contribution is -2.48. The van der Waals surface area contributed by atoms with Gasteiger partial charge in [-0.1, -0.05) is 20.3 Å². The van der Waals surface area contributed by atoms with Crippen molar-refractivity contribution >= 4 is 6.03 Å². The van der Waals surface area contributed by atoms with Gasteiger partial charge in [0.15, 0.2) is 0 Å². The van der Waals surface area contributed by atoms with Gasteiger partial charge in [0.1, 0.15) is 0 Å². The molecule has 5 nitrogen and oxygen atoms in total. The summed E-state index contributed by atoms with van der Waals surface area (Å²) in [5, 5.41) is 15.1. The van der Waals surface area contributed by atoms with E-state index in [1.165, 1.54) is 19.3 Å². The van der Waals surface area contributed by atoms with Crippen LogP contribution in [0.5, 0.6) is 0 Å². The van der Waals surface area contributed by atoms with Gasteiger partial charge >= 0.3 is 6.03 Å². The Balaban J connectivity index is 2.18. The summed E-state index contributed by atoms with van der Waals surface area (Å²) in [6.07, 6.45) is 4.11. The molecule has 1 saturated heterocycles. The van der Waals surface area contributed by atoms with Crippen LogP contribution in [0.2, 0.25) is 0 Å². The number of amides is 2. The highest BCUT2D eigenvalue weighted by atomic mass is 16.3. The maximum Gasteiger partial charge on any atom is 0.314 e. The van der Waals surface area contributed by atoms with Crippen LogP contribution in [0, 0.1) is 5.92 Å². The number of carbonyl (C=O) groups is 1. The smallest absolute Gasteiger partial charge is 0.314 e. The highest BCUT2D eigenvalue weighted by molar-refractivity contribution is 5.73. The molecule has 0 aromatic rings. The van der Waals surface area contributed by atoms with Crippen molar-refractivity contribution in [3.63, 3.8) is 0 Å². The molecule has 0 spiro atoms. The zero-order chi connectivity index (χ0) is 15.0. The van der Waals surface area contributed by atoms with Crippen LogP contribution < -0.4 is 10.6 Å². The number of hydrogen-bond acceptors (Lipinski definition) is 3. The molecular formula is C15H31N3O2. The quantitative estimate of drug-likeness (QED) is 0.665. The third-order valence-corrected chi connectivity index (χ3v) is 4.01. The summed E-state index contributed by atoms with van der Waals surface area (Å²) < 4.78 is 0. The van der Waals surface area contributed by atoms with Gasteiger partial charge in [0.05, 0.1) is 6.10 Å². The fourth-order valence-electron chi connectivity index (χ4n) is 2.91. The first-order valence-electron chi connectivity index (χ1n) is 7.96. The Kier molecular flexibility index (Phi) is 7.92. The maximum atomic E-state index is 11.8. The fraction of sp³-hybridized carbons (Fsp3) is 0.933. The van der Waals surface area contributed by atoms with Crippen molar-refractivity contribution in [1.29, 1.82) is 0 Å². The Labute approximate surface area is 123 Å². The molecule has 0 radical (unpaired) electrons. The summed E-state index contributed by atoms with van der Waals surface area (Å²) in [6.45, 7) is 9.53. The van der Waals surface area contributed by atoms with Gasteiger partial charge < -0.3 is 15.7 Å². The highest BCUT2D eigenvalue weighted by Crippen LogP contribution is 2.15. The highest BCUT2D eigenvalue weighted by Gasteiger charge is 2.21. The number of rotatable bonds is 7. The molecule has 1 aliphatic rings. The van der Waals surface area contributed by atoms with Gasteiger partial charge in [-0.25, -0.2) is 4.79 Å². The molecule has 3 N–H and O–H groups in total. The Hall–Kier alpha value is -0.810.